The summed E-state index contributed by atoms with van der Waals surface area (Å²) in [5, 5.41) is 2.86. The van der Waals surface area contributed by atoms with Crippen molar-refractivity contribution in [3.05, 3.63) is 24.0 Å². The van der Waals surface area contributed by atoms with Crippen molar-refractivity contribution >= 4 is 0 Å². The van der Waals surface area contributed by atoms with Gasteiger partial charge in [-0.1, -0.05) is 0 Å². The molecule has 1 N–H and O–H groups in total. The van der Waals surface area contributed by atoms with E-state index in [0.717, 1.165) is 12.3 Å². The summed E-state index contributed by atoms with van der Waals surface area (Å²) >= 11 is 0. The zero-order chi connectivity index (χ0) is 9.90. The molecule has 0 spiro atoms. The molecule has 0 unspecified atom stereocenters. The molecular formula is C8H11F3N2. The van der Waals surface area contributed by atoms with Crippen LogP contribution in [0.4, 0.5) is 13.2 Å². The number of aromatic nitrogens is 1. The molecule has 0 aliphatic carbocycles. The molecule has 13 heavy (non-hydrogen) atoms. The summed E-state index contributed by atoms with van der Waals surface area (Å²) in [5.74, 6) is 0. The highest BCUT2D eigenvalue weighted by Gasteiger charge is 2.31. The lowest BCUT2D eigenvalue weighted by atomic mass is 10.3. The molecule has 1 aromatic rings. The molecule has 0 saturated heterocycles. The molecule has 0 aliphatic heterocycles. The number of nitrogens with one attached hydrogen (secondary N) is 1. The van der Waals surface area contributed by atoms with Gasteiger partial charge in [-0.3, -0.25) is 0 Å². The fourth-order valence-electron chi connectivity index (χ4n) is 0.988. The highest BCUT2D eigenvalue weighted by molar-refractivity contribution is 5.13. The Kier molecular flexibility index (Phi) is 2.98. The minimum atomic E-state index is -4.23. The van der Waals surface area contributed by atoms with Crippen molar-refractivity contribution in [1.29, 1.82) is 0 Å². The average Bonchev–Trinajstić information content (AvgIpc) is 2.47. The van der Waals surface area contributed by atoms with E-state index in [1.54, 1.807) is 7.05 Å². The number of hydrogen-bond acceptors (Lipinski definition) is 1. The van der Waals surface area contributed by atoms with Crippen LogP contribution >= 0.6 is 0 Å². The number of alkyl halides is 3. The molecule has 1 aromatic heterocycles. The topological polar surface area (TPSA) is 17.0 Å². The average molecular weight is 192 g/mol. The van der Waals surface area contributed by atoms with E-state index in [1.807, 2.05) is 0 Å². The molecule has 0 bridgehead atoms. The van der Waals surface area contributed by atoms with Crippen LogP contribution in [0.15, 0.2) is 18.5 Å². The highest BCUT2D eigenvalue weighted by Crippen LogP contribution is 2.28. The van der Waals surface area contributed by atoms with Gasteiger partial charge in [0.15, 0.2) is 0 Å². The van der Waals surface area contributed by atoms with Crippen LogP contribution in [0.3, 0.4) is 0 Å². The maximum atomic E-state index is 12.1. The van der Waals surface area contributed by atoms with Crippen molar-refractivity contribution in [2.75, 3.05) is 13.6 Å². The summed E-state index contributed by atoms with van der Waals surface area (Å²) in [7, 11) is 1.76. The van der Waals surface area contributed by atoms with Crippen LogP contribution in [-0.4, -0.2) is 18.2 Å². The maximum Gasteiger partial charge on any atom is 0.417 e. The molecule has 74 valence electrons. The second-order valence-electron chi connectivity index (χ2n) is 2.74. The Morgan fingerprint density at radius 1 is 1.46 bits per heavy atom. The zero-order valence-corrected chi connectivity index (χ0v) is 7.23. The summed E-state index contributed by atoms with van der Waals surface area (Å²) in [6.07, 6.45) is -1.69. The Morgan fingerprint density at radius 3 is 2.62 bits per heavy atom. The SMILES string of the molecule is CNCCn1ccc(C(F)(F)F)c1. The minimum absolute atomic E-state index is 0.548. The van der Waals surface area contributed by atoms with Crippen molar-refractivity contribution in [1.82, 2.24) is 9.88 Å². The van der Waals surface area contributed by atoms with Gasteiger partial charge in [-0.2, -0.15) is 13.2 Å². The Morgan fingerprint density at radius 2 is 2.15 bits per heavy atom. The molecule has 0 amide bonds. The standard InChI is InChI=1S/C8H11F3N2/c1-12-3-5-13-4-2-7(6-13)8(9,10)11/h2,4,6,12H,3,5H2,1H3. The summed E-state index contributed by atoms with van der Waals surface area (Å²) in [4.78, 5) is 0. The maximum absolute atomic E-state index is 12.1. The zero-order valence-electron chi connectivity index (χ0n) is 7.23. The van der Waals surface area contributed by atoms with Gasteiger partial charge in [0.1, 0.15) is 0 Å². The Balaban J connectivity index is 2.64. The first-order chi connectivity index (χ1) is 6.04. The second kappa shape index (κ2) is 3.83. The second-order valence-corrected chi connectivity index (χ2v) is 2.74. The third kappa shape index (κ3) is 2.77. The van der Waals surface area contributed by atoms with Crippen molar-refractivity contribution in [3.63, 3.8) is 0 Å². The van der Waals surface area contributed by atoms with Crippen LogP contribution in [0.25, 0.3) is 0 Å². The van der Waals surface area contributed by atoms with Crippen LogP contribution in [0, 0.1) is 0 Å². The quantitative estimate of drug-likeness (QED) is 0.771. The van der Waals surface area contributed by atoms with Gasteiger partial charge in [-0.05, 0) is 13.1 Å². The van der Waals surface area contributed by atoms with E-state index in [9.17, 15) is 13.2 Å². The largest absolute Gasteiger partial charge is 0.417 e. The molecule has 1 heterocycles. The molecule has 1 rings (SSSR count). The van der Waals surface area contributed by atoms with Crippen LogP contribution in [-0.2, 0) is 12.7 Å². The van der Waals surface area contributed by atoms with Crippen LogP contribution in [0.5, 0.6) is 0 Å². The Labute approximate surface area is 74.4 Å². The van der Waals surface area contributed by atoms with Gasteiger partial charge < -0.3 is 9.88 Å². The van der Waals surface area contributed by atoms with E-state index in [0.29, 0.717) is 13.1 Å². The molecule has 5 heteroatoms. The molecule has 0 aliphatic rings. The normalized spacial score (nSPS) is 12.0. The van der Waals surface area contributed by atoms with Crippen molar-refractivity contribution in [2.24, 2.45) is 0 Å². The minimum Gasteiger partial charge on any atom is -0.352 e. The Bertz CT molecular complexity index is 265. The van der Waals surface area contributed by atoms with Crippen LogP contribution in [0.1, 0.15) is 5.56 Å². The fraction of sp³-hybridized carbons (Fsp3) is 0.500. The molecular weight excluding hydrogens is 181 g/mol. The van der Waals surface area contributed by atoms with E-state index < -0.39 is 11.7 Å². The van der Waals surface area contributed by atoms with E-state index in [4.69, 9.17) is 0 Å². The molecule has 0 aromatic carbocycles. The number of hydrogen-bond donors (Lipinski definition) is 1. The van der Waals surface area contributed by atoms with E-state index >= 15 is 0 Å². The van der Waals surface area contributed by atoms with Gasteiger partial charge in [0.05, 0.1) is 5.56 Å². The first-order valence-electron chi connectivity index (χ1n) is 3.91. The number of nitrogens with zero attached hydrogens (tertiary/aromatic N) is 1. The molecule has 0 atom stereocenters. The number of likely N-dealkylation sites (N-methyl/N-ethyl adjacent to an activating group) is 1. The predicted octanol–water partition coefficient (Wildman–Crippen LogP) is 1.73. The first-order valence-corrected chi connectivity index (χ1v) is 3.91. The smallest absolute Gasteiger partial charge is 0.352 e. The van der Waals surface area contributed by atoms with Gasteiger partial charge in [0.2, 0.25) is 0 Å². The third-order valence-electron chi connectivity index (χ3n) is 1.70. The van der Waals surface area contributed by atoms with E-state index in [1.165, 1.54) is 10.8 Å². The first kappa shape index (κ1) is 10.1. The van der Waals surface area contributed by atoms with Crippen molar-refractivity contribution in [3.8, 4) is 0 Å². The lowest BCUT2D eigenvalue weighted by Gasteiger charge is -2.03. The Hall–Kier alpha value is -0.970. The molecule has 0 radical (unpaired) electrons. The predicted molar refractivity (Wildman–Crippen MR) is 43.4 cm³/mol. The van der Waals surface area contributed by atoms with Gasteiger partial charge in [-0.25, -0.2) is 0 Å². The molecule has 0 fully saturated rings. The van der Waals surface area contributed by atoms with Gasteiger partial charge in [0.25, 0.3) is 0 Å². The van der Waals surface area contributed by atoms with Crippen LogP contribution in [0.2, 0.25) is 0 Å². The molecule has 2 nitrogen and oxygen atoms in total. The van der Waals surface area contributed by atoms with E-state index in [2.05, 4.69) is 5.32 Å². The number of rotatable bonds is 3. The summed E-state index contributed by atoms with van der Waals surface area (Å²) in [5.41, 5.74) is -0.594. The van der Waals surface area contributed by atoms with Crippen molar-refractivity contribution < 1.29 is 13.2 Å². The fourth-order valence-corrected chi connectivity index (χ4v) is 0.988. The van der Waals surface area contributed by atoms with Crippen LogP contribution < -0.4 is 5.32 Å². The number of halogens is 3. The molecule has 0 saturated carbocycles. The highest BCUT2D eigenvalue weighted by atomic mass is 19.4. The van der Waals surface area contributed by atoms with Gasteiger partial charge >= 0.3 is 6.18 Å². The summed E-state index contributed by atoms with van der Waals surface area (Å²) in [6.45, 7) is 1.21. The van der Waals surface area contributed by atoms with Gasteiger partial charge in [-0.15, -0.1) is 0 Å². The monoisotopic (exact) mass is 192 g/mol. The lowest BCUT2D eigenvalue weighted by Crippen LogP contribution is -2.14. The lowest BCUT2D eigenvalue weighted by molar-refractivity contribution is -0.137. The summed E-state index contributed by atoms with van der Waals surface area (Å²) < 4.78 is 37.8. The van der Waals surface area contributed by atoms with E-state index in [-0.39, 0.29) is 0 Å². The third-order valence-corrected chi connectivity index (χ3v) is 1.70. The van der Waals surface area contributed by atoms with Crippen molar-refractivity contribution in [2.45, 2.75) is 12.7 Å². The summed E-state index contributed by atoms with van der Waals surface area (Å²) in [6, 6.07) is 1.08. The van der Waals surface area contributed by atoms with Gasteiger partial charge in [0, 0.05) is 25.5 Å².